The lowest BCUT2D eigenvalue weighted by Gasteiger charge is -2.16. The van der Waals surface area contributed by atoms with E-state index in [4.69, 9.17) is 4.74 Å². The molecular weight excluding hydrogens is 406 g/mol. The summed E-state index contributed by atoms with van der Waals surface area (Å²) in [7, 11) is 3.14. The molecule has 0 heterocycles. The second-order valence-corrected chi connectivity index (χ2v) is 6.68. The molecule has 10 heteroatoms. The summed E-state index contributed by atoms with van der Waals surface area (Å²) in [6.45, 7) is 1.07. The number of nitrogens with one attached hydrogen (secondary N) is 2. The highest BCUT2D eigenvalue weighted by Crippen LogP contribution is 2.32. The molecule has 0 aliphatic carbocycles. The first-order valence-electron chi connectivity index (χ1n) is 8.81. The van der Waals surface area contributed by atoms with E-state index in [-0.39, 0.29) is 29.5 Å². The number of aryl methyl sites for hydroxylation is 1. The first-order valence-corrected chi connectivity index (χ1v) is 8.81. The highest BCUT2D eigenvalue weighted by atomic mass is 19.4. The van der Waals surface area contributed by atoms with Crippen LogP contribution in [0.3, 0.4) is 0 Å². The average molecular weight is 427 g/mol. The molecule has 2 N–H and O–H groups in total. The minimum atomic E-state index is -4.76. The van der Waals surface area contributed by atoms with Crippen LogP contribution in [0.2, 0.25) is 0 Å². The van der Waals surface area contributed by atoms with E-state index in [2.05, 4.69) is 10.6 Å². The van der Waals surface area contributed by atoms with E-state index in [1.807, 2.05) is 0 Å². The molecule has 0 aliphatic rings. The summed E-state index contributed by atoms with van der Waals surface area (Å²) in [5.74, 6) is -1.08. The van der Waals surface area contributed by atoms with Gasteiger partial charge in [0.2, 0.25) is 0 Å². The fraction of sp³-hybridized carbons (Fsp3) is 0.300. The van der Waals surface area contributed by atoms with Crippen LogP contribution >= 0.6 is 0 Å². The van der Waals surface area contributed by atoms with Gasteiger partial charge >= 0.3 is 12.2 Å². The number of halogens is 4. The van der Waals surface area contributed by atoms with Crippen molar-refractivity contribution in [2.24, 2.45) is 0 Å². The number of carbonyl (C=O) groups excluding carboxylic acids is 2. The topological polar surface area (TPSA) is 70.7 Å². The largest absolute Gasteiger partial charge is 0.482 e. The molecule has 6 nitrogen and oxygen atoms in total. The maximum atomic E-state index is 13.2. The van der Waals surface area contributed by atoms with Crippen LogP contribution in [0.5, 0.6) is 5.75 Å². The van der Waals surface area contributed by atoms with Crippen LogP contribution in [0.25, 0.3) is 0 Å². The number of rotatable bonds is 6. The van der Waals surface area contributed by atoms with Crippen LogP contribution in [-0.2, 0) is 17.5 Å². The third kappa shape index (κ3) is 6.36. The summed E-state index contributed by atoms with van der Waals surface area (Å²) in [4.78, 5) is 25.2. The normalized spacial score (nSPS) is 11.0. The molecule has 0 aromatic heterocycles. The number of hydrogen-bond donors (Lipinski definition) is 2. The van der Waals surface area contributed by atoms with Crippen molar-refractivity contribution in [2.45, 2.75) is 19.6 Å². The smallest absolute Gasteiger partial charge is 0.416 e. The SMILES string of the molecule is Cc1ccc(NC(=O)NCc2ccc(F)cc2C(F)(F)F)c(OCC(=O)N(C)C)c1. The second-order valence-electron chi connectivity index (χ2n) is 6.68. The van der Waals surface area contributed by atoms with Crippen molar-refractivity contribution in [1.29, 1.82) is 0 Å². The molecule has 0 atom stereocenters. The van der Waals surface area contributed by atoms with Gasteiger partial charge in [0, 0.05) is 20.6 Å². The predicted molar refractivity (Wildman–Crippen MR) is 103 cm³/mol. The summed E-state index contributed by atoms with van der Waals surface area (Å²) >= 11 is 0. The molecule has 2 aromatic rings. The molecule has 2 rings (SSSR count). The number of ether oxygens (including phenoxy) is 1. The number of alkyl halides is 3. The Morgan fingerprint density at radius 1 is 1.10 bits per heavy atom. The van der Waals surface area contributed by atoms with Crippen molar-refractivity contribution in [2.75, 3.05) is 26.0 Å². The Morgan fingerprint density at radius 2 is 1.80 bits per heavy atom. The van der Waals surface area contributed by atoms with Crippen LogP contribution in [0.1, 0.15) is 16.7 Å². The van der Waals surface area contributed by atoms with Gasteiger partial charge in [0.1, 0.15) is 11.6 Å². The fourth-order valence-corrected chi connectivity index (χ4v) is 2.43. The molecular formula is C20H21F4N3O3. The van der Waals surface area contributed by atoms with Crippen LogP contribution in [0.15, 0.2) is 36.4 Å². The van der Waals surface area contributed by atoms with Gasteiger partial charge < -0.3 is 20.3 Å². The Kier molecular flexibility index (Phi) is 7.25. The molecule has 0 radical (unpaired) electrons. The van der Waals surface area contributed by atoms with Crippen LogP contribution < -0.4 is 15.4 Å². The van der Waals surface area contributed by atoms with E-state index in [0.29, 0.717) is 6.07 Å². The number of likely N-dealkylation sites (N-methyl/N-ethyl adjacent to an activating group) is 1. The first kappa shape index (κ1) is 23.0. The molecule has 0 fully saturated rings. The van der Waals surface area contributed by atoms with Crippen molar-refractivity contribution >= 4 is 17.6 Å². The number of benzene rings is 2. The Morgan fingerprint density at radius 3 is 2.43 bits per heavy atom. The Labute approximate surface area is 170 Å². The van der Waals surface area contributed by atoms with Gasteiger partial charge in [-0.2, -0.15) is 13.2 Å². The molecule has 0 unspecified atom stereocenters. The minimum absolute atomic E-state index is 0.234. The molecule has 0 bridgehead atoms. The second kappa shape index (κ2) is 9.47. The first-order chi connectivity index (χ1) is 14.0. The van der Waals surface area contributed by atoms with Crippen molar-refractivity contribution in [3.63, 3.8) is 0 Å². The van der Waals surface area contributed by atoms with Crippen molar-refractivity contribution in [1.82, 2.24) is 10.2 Å². The van der Waals surface area contributed by atoms with Gasteiger partial charge in [-0.05, 0) is 42.3 Å². The van der Waals surface area contributed by atoms with E-state index in [0.717, 1.165) is 17.7 Å². The van der Waals surface area contributed by atoms with Crippen molar-refractivity contribution in [3.8, 4) is 5.75 Å². The zero-order valence-corrected chi connectivity index (χ0v) is 16.6. The molecule has 0 spiro atoms. The summed E-state index contributed by atoms with van der Waals surface area (Å²) in [5.41, 5.74) is -0.394. The average Bonchev–Trinajstić information content (AvgIpc) is 2.66. The lowest BCUT2D eigenvalue weighted by atomic mass is 10.1. The zero-order valence-electron chi connectivity index (χ0n) is 16.6. The van der Waals surface area contributed by atoms with Gasteiger partial charge in [0.05, 0.1) is 11.3 Å². The number of urea groups is 1. The Balaban J connectivity index is 2.08. The lowest BCUT2D eigenvalue weighted by molar-refractivity contribution is -0.138. The molecule has 0 saturated carbocycles. The Bertz CT molecular complexity index is 930. The van der Waals surface area contributed by atoms with Crippen molar-refractivity contribution in [3.05, 3.63) is 58.9 Å². The van der Waals surface area contributed by atoms with Gasteiger partial charge in [-0.25, -0.2) is 9.18 Å². The standard InChI is InChI=1S/C20H21F4N3O3/c1-12-4-7-16(17(8-12)30-11-18(28)27(2)3)26-19(29)25-10-13-5-6-14(21)9-15(13)20(22,23)24/h4-9H,10-11H2,1-3H3,(H2,25,26,29). The Hall–Kier alpha value is -3.30. The molecule has 2 aromatic carbocycles. The summed E-state index contributed by atoms with van der Waals surface area (Å²) in [6.07, 6.45) is -4.76. The van der Waals surface area contributed by atoms with E-state index >= 15 is 0 Å². The monoisotopic (exact) mass is 427 g/mol. The summed E-state index contributed by atoms with van der Waals surface area (Å²) < 4.78 is 57.8. The molecule has 0 aliphatic heterocycles. The van der Waals surface area contributed by atoms with Gasteiger partial charge in [-0.15, -0.1) is 0 Å². The van der Waals surface area contributed by atoms with Gasteiger partial charge in [0.25, 0.3) is 5.91 Å². The van der Waals surface area contributed by atoms with Crippen LogP contribution in [0.4, 0.5) is 28.0 Å². The number of nitrogens with zero attached hydrogens (tertiary/aromatic N) is 1. The predicted octanol–water partition coefficient (Wildman–Crippen LogP) is 3.94. The van der Waals surface area contributed by atoms with Gasteiger partial charge in [-0.1, -0.05) is 12.1 Å². The maximum absolute atomic E-state index is 13.2. The number of anilines is 1. The van der Waals surface area contributed by atoms with Gasteiger partial charge in [0.15, 0.2) is 6.61 Å². The van der Waals surface area contributed by atoms with E-state index in [1.54, 1.807) is 39.2 Å². The third-order valence-corrected chi connectivity index (χ3v) is 4.05. The lowest BCUT2D eigenvalue weighted by Crippen LogP contribution is -2.30. The molecule has 30 heavy (non-hydrogen) atoms. The van der Waals surface area contributed by atoms with Crippen molar-refractivity contribution < 1.29 is 31.9 Å². The highest BCUT2D eigenvalue weighted by molar-refractivity contribution is 5.91. The number of carbonyl (C=O) groups is 2. The number of amides is 3. The zero-order chi connectivity index (χ0) is 22.5. The molecule has 162 valence electrons. The molecule has 3 amide bonds. The van der Waals surface area contributed by atoms with Gasteiger partial charge in [-0.3, -0.25) is 4.79 Å². The van der Waals surface area contributed by atoms with E-state index < -0.39 is 30.1 Å². The summed E-state index contributed by atoms with van der Waals surface area (Å²) in [5, 5.41) is 4.78. The van der Waals surface area contributed by atoms with E-state index in [1.165, 1.54) is 4.90 Å². The fourth-order valence-electron chi connectivity index (χ4n) is 2.43. The number of hydrogen-bond acceptors (Lipinski definition) is 3. The highest BCUT2D eigenvalue weighted by Gasteiger charge is 2.33. The van der Waals surface area contributed by atoms with E-state index in [9.17, 15) is 27.2 Å². The van der Waals surface area contributed by atoms with Crippen LogP contribution in [0, 0.1) is 12.7 Å². The third-order valence-electron chi connectivity index (χ3n) is 4.05. The maximum Gasteiger partial charge on any atom is 0.416 e. The quantitative estimate of drug-likeness (QED) is 0.686. The van der Waals surface area contributed by atoms with Crippen LogP contribution in [-0.4, -0.2) is 37.5 Å². The summed E-state index contributed by atoms with van der Waals surface area (Å²) in [6, 6.07) is 6.29. The molecule has 0 saturated heterocycles. The minimum Gasteiger partial charge on any atom is -0.482 e.